The van der Waals surface area contributed by atoms with Gasteiger partial charge in [0.25, 0.3) is 0 Å². The van der Waals surface area contributed by atoms with E-state index in [-0.39, 0.29) is 0 Å². The van der Waals surface area contributed by atoms with Crippen molar-refractivity contribution < 1.29 is 4.74 Å². The zero-order chi connectivity index (χ0) is 10.1. The van der Waals surface area contributed by atoms with Crippen LogP contribution in [0.25, 0.3) is 0 Å². The predicted molar refractivity (Wildman–Crippen MR) is 61.3 cm³/mol. The Bertz CT molecular complexity index is 350. The monoisotopic (exact) mass is 202 g/mol. The van der Waals surface area contributed by atoms with Crippen LogP contribution in [0.3, 0.4) is 0 Å². The van der Waals surface area contributed by atoms with Crippen molar-refractivity contribution in [3.8, 4) is 0 Å². The first-order chi connectivity index (χ1) is 7.45. The Morgan fingerprint density at radius 1 is 1.13 bits per heavy atom. The van der Waals surface area contributed by atoms with E-state index in [1.165, 1.54) is 32.1 Å². The third kappa shape index (κ3) is 1.69. The summed E-state index contributed by atoms with van der Waals surface area (Å²) in [5, 5.41) is 0. The van der Waals surface area contributed by atoms with Gasteiger partial charge in [-0.25, -0.2) is 0 Å². The molecule has 1 unspecified atom stereocenters. The van der Waals surface area contributed by atoms with Gasteiger partial charge in [0, 0.05) is 12.5 Å². The van der Waals surface area contributed by atoms with Crippen LogP contribution in [0.2, 0.25) is 0 Å². The molecule has 1 heteroatoms. The summed E-state index contributed by atoms with van der Waals surface area (Å²) < 4.78 is 5.50. The molecule has 2 aliphatic rings. The van der Waals surface area contributed by atoms with Crippen molar-refractivity contribution in [1.82, 2.24) is 0 Å². The molecular weight excluding hydrogens is 184 g/mol. The summed E-state index contributed by atoms with van der Waals surface area (Å²) in [6, 6.07) is 6.87. The summed E-state index contributed by atoms with van der Waals surface area (Å²) in [5.41, 5.74) is 4.84. The molecule has 1 aliphatic heterocycles. The molecule has 0 radical (unpaired) electrons. The van der Waals surface area contributed by atoms with Crippen LogP contribution in [0.15, 0.2) is 18.2 Å². The number of hydrogen-bond donors (Lipinski definition) is 0. The third-order valence-electron chi connectivity index (χ3n) is 3.80. The second kappa shape index (κ2) is 3.97. The number of hydrogen-bond acceptors (Lipinski definition) is 1. The molecule has 0 amide bonds. The van der Waals surface area contributed by atoms with E-state index in [0.717, 1.165) is 13.2 Å². The summed E-state index contributed by atoms with van der Waals surface area (Å²) in [6.45, 7) is 1.89. The van der Waals surface area contributed by atoms with E-state index in [9.17, 15) is 0 Å². The van der Waals surface area contributed by atoms with Crippen LogP contribution in [-0.2, 0) is 17.6 Å². The Labute approximate surface area is 91.5 Å². The Balaban J connectivity index is 1.99. The highest BCUT2D eigenvalue weighted by atomic mass is 16.5. The molecule has 0 bridgehead atoms. The lowest BCUT2D eigenvalue weighted by atomic mass is 9.83. The van der Waals surface area contributed by atoms with Gasteiger partial charge >= 0.3 is 0 Å². The van der Waals surface area contributed by atoms with Crippen LogP contribution < -0.4 is 0 Å². The zero-order valence-corrected chi connectivity index (χ0v) is 9.17. The first kappa shape index (κ1) is 9.41. The van der Waals surface area contributed by atoms with Crippen LogP contribution >= 0.6 is 0 Å². The van der Waals surface area contributed by atoms with E-state index >= 15 is 0 Å². The SMILES string of the molecule is c1cc2c(c(C3CCOC3)c1)CCCC2. The van der Waals surface area contributed by atoms with E-state index in [2.05, 4.69) is 18.2 Å². The molecule has 0 aromatic heterocycles. The molecular formula is C14H18O. The minimum absolute atomic E-state index is 0.679. The highest BCUT2D eigenvalue weighted by Crippen LogP contribution is 2.33. The van der Waals surface area contributed by atoms with Crippen LogP contribution in [0.4, 0.5) is 0 Å². The van der Waals surface area contributed by atoms with E-state index < -0.39 is 0 Å². The van der Waals surface area contributed by atoms with Crippen molar-refractivity contribution in [2.24, 2.45) is 0 Å². The Morgan fingerprint density at radius 2 is 2.07 bits per heavy atom. The summed E-state index contributed by atoms with van der Waals surface area (Å²) in [6.07, 6.45) is 6.55. The average molecular weight is 202 g/mol. The topological polar surface area (TPSA) is 9.23 Å². The molecule has 1 fully saturated rings. The van der Waals surface area contributed by atoms with Crippen LogP contribution in [-0.4, -0.2) is 13.2 Å². The summed E-state index contributed by atoms with van der Waals surface area (Å²) in [7, 11) is 0. The van der Waals surface area contributed by atoms with Crippen LogP contribution in [0.5, 0.6) is 0 Å². The fourth-order valence-corrected chi connectivity index (χ4v) is 2.97. The summed E-state index contributed by atoms with van der Waals surface area (Å²) in [4.78, 5) is 0. The van der Waals surface area contributed by atoms with Gasteiger partial charge in [0.15, 0.2) is 0 Å². The van der Waals surface area contributed by atoms with Gasteiger partial charge in [-0.3, -0.25) is 0 Å². The van der Waals surface area contributed by atoms with Gasteiger partial charge in [-0.2, -0.15) is 0 Å². The van der Waals surface area contributed by atoms with E-state index in [1.54, 1.807) is 16.7 Å². The third-order valence-corrected chi connectivity index (χ3v) is 3.80. The van der Waals surface area contributed by atoms with Crippen molar-refractivity contribution in [2.45, 2.75) is 38.0 Å². The van der Waals surface area contributed by atoms with Crippen molar-refractivity contribution in [2.75, 3.05) is 13.2 Å². The van der Waals surface area contributed by atoms with Gasteiger partial charge in [-0.1, -0.05) is 18.2 Å². The van der Waals surface area contributed by atoms with Crippen molar-refractivity contribution in [3.05, 3.63) is 34.9 Å². The molecule has 0 N–H and O–H groups in total. The largest absolute Gasteiger partial charge is 0.381 e. The smallest absolute Gasteiger partial charge is 0.0535 e. The minimum atomic E-state index is 0.679. The normalized spacial score (nSPS) is 25.2. The van der Waals surface area contributed by atoms with Gasteiger partial charge < -0.3 is 4.74 Å². The predicted octanol–water partition coefficient (Wildman–Crippen LogP) is 3.07. The van der Waals surface area contributed by atoms with E-state index in [1.807, 2.05) is 0 Å². The highest BCUT2D eigenvalue weighted by Gasteiger charge is 2.22. The van der Waals surface area contributed by atoms with Gasteiger partial charge in [0.05, 0.1) is 6.61 Å². The molecule has 3 rings (SSSR count). The summed E-state index contributed by atoms with van der Waals surface area (Å²) in [5.74, 6) is 0.679. The second-order valence-electron chi connectivity index (χ2n) is 4.75. The zero-order valence-electron chi connectivity index (χ0n) is 9.17. The van der Waals surface area contributed by atoms with E-state index in [0.29, 0.717) is 5.92 Å². The van der Waals surface area contributed by atoms with Gasteiger partial charge in [-0.15, -0.1) is 0 Å². The Hall–Kier alpha value is -0.820. The number of rotatable bonds is 1. The molecule has 1 nitrogen and oxygen atoms in total. The molecule has 0 spiro atoms. The maximum atomic E-state index is 5.50. The molecule has 80 valence electrons. The quantitative estimate of drug-likeness (QED) is 0.680. The van der Waals surface area contributed by atoms with Crippen LogP contribution in [0, 0.1) is 0 Å². The minimum Gasteiger partial charge on any atom is -0.381 e. The molecule has 15 heavy (non-hydrogen) atoms. The molecule has 1 aromatic rings. The first-order valence-electron chi connectivity index (χ1n) is 6.13. The van der Waals surface area contributed by atoms with Crippen molar-refractivity contribution >= 4 is 0 Å². The van der Waals surface area contributed by atoms with Crippen LogP contribution in [0.1, 0.15) is 41.9 Å². The Kier molecular flexibility index (Phi) is 2.49. The fourth-order valence-electron chi connectivity index (χ4n) is 2.97. The molecule has 0 saturated carbocycles. The van der Waals surface area contributed by atoms with E-state index in [4.69, 9.17) is 4.74 Å². The highest BCUT2D eigenvalue weighted by molar-refractivity contribution is 5.39. The number of aryl methyl sites for hydroxylation is 1. The Morgan fingerprint density at radius 3 is 2.93 bits per heavy atom. The summed E-state index contributed by atoms with van der Waals surface area (Å²) >= 11 is 0. The van der Waals surface area contributed by atoms with Gasteiger partial charge in [-0.05, 0) is 48.8 Å². The number of benzene rings is 1. The second-order valence-corrected chi connectivity index (χ2v) is 4.75. The molecule has 1 aliphatic carbocycles. The standard InChI is InChI=1S/C14H18O/c1-2-6-13-11(4-1)5-3-7-14(13)12-8-9-15-10-12/h3,5,7,12H,1-2,4,6,8-10H2. The van der Waals surface area contributed by atoms with Crippen molar-refractivity contribution in [1.29, 1.82) is 0 Å². The number of ether oxygens (including phenoxy) is 1. The molecule has 1 aromatic carbocycles. The molecule has 1 saturated heterocycles. The average Bonchev–Trinajstić information content (AvgIpc) is 2.82. The molecule has 1 atom stereocenters. The lowest BCUT2D eigenvalue weighted by molar-refractivity contribution is 0.194. The first-order valence-corrected chi connectivity index (χ1v) is 6.13. The maximum Gasteiger partial charge on any atom is 0.0535 e. The maximum absolute atomic E-state index is 5.50. The molecule has 1 heterocycles. The lowest BCUT2D eigenvalue weighted by Crippen LogP contribution is -2.09. The lowest BCUT2D eigenvalue weighted by Gasteiger charge is -2.21. The fraction of sp³-hybridized carbons (Fsp3) is 0.571. The van der Waals surface area contributed by atoms with Gasteiger partial charge in [0.2, 0.25) is 0 Å². The van der Waals surface area contributed by atoms with Gasteiger partial charge in [0.1, 0.15) is 0 Å². The van der Waals surface area contributed by atoms with Crippen molar-refractivity contribution in [3.63, 3.8) is 0 Å². The number of fused-ring (bicyclic) bond motifs is 1.